The van der Waals surface area contributed by atoms with Crippen LogP contribution in [0.2, 0.25) is 0 Å². The van der Waals surface area contributed by atoms with Crippen molar-refractivity contribution >= 4 is 22.4 Å². The van der Waals surface area contributed by atoms with E-state index in [9.17, 15) is 4.79 Å². The number of hydrogen-bond donors (Lipinski definition) is 1. The highest BCUT2D eigenvalue weighted by Gasteiger charge is 2.29. The van der Waals surface area contributed by atoms with E-state index in [0.29, 0.717) is 12.1 Å². The Hall–Kier alpha value is -2.68. The SMILES string of the molecule is O=C(c1cnc2ccccc2c1)C1CNc2ccccc21. The van der Waals surface area contributed by atoms with Crippen LogP contribution in [0.1, 0.15) is 21.8 Å². The largest absolute Gasteiger partial charge is 0.384 e. The van der Waals surface area contributed by atoms with Gasteiger partial charge in [0.15, 0.2) is 5.78 Å². The number of nitrogens with one attached hydrogen (secondary N) is 1. The molecule has 2 aromatic carbocycles. The molecule has 0 spiro atoms. The standard InChI is InChI=1S/C18H14N2O/c21-18(15-11-20-17-8-4-2-6-14(15)17)13-9-12-5-1-3-7-16(12)19-10-13/h1-10,15,20H,11H2. The molecule has 1 N–H and O–H groups in total. The molecule has 0 radical (unpaired) electrons. The number of benzene rings is 2. The van der Waals surface area contributed by atoms with Crippen molar-refractivity contribution < 1.29 is 4.79 Å². The summed E-state index contributed by atoms with van der Waals surface area (Å²) in [5.41, 5.74) is 3.73. The second-order valence-corrected chi connectivity index (χ2v) is 5.30. The third-order valence-corrected chi connectivity index (χ3v) is 4.02. The Balaban J connectivity index is 1.74. The number of carbonyl (C=O) groups excluding carboxylic acids is 1. The van der Waals surface area contributed by atoms with Gasteiger partial charge < -0.3 is 5.32 Å². The molecule has 1 unspecified atom stereocenters. The van der Waals surface area contributed by atoms with Gasteiger partial charge in [-0.1, -0.05) is 36.4 Å². The lowest BCUT2D eigenvalue weighted by Crippen LogP contribution is -2.15. The van der Waals surface area contributed by atoms with E-state index < -0.39 is 0 Å². The van der Waals surface area contributed by atoms with Crippen LogP contribution in [0.4, 0.5) is 5.69 Å². The summed E-state index contributed by atoms with van der Waals surface area (Å²) in [6.45, 7) is 0.658. The average molecular weight is 274 g/mol. The zero-order valence-electron chi connectivity index (χ0n) is 11.4. The molecule has 1 aromatic heterocycles. The predicted molar refractivity (Wildman–Crippen MR) is 83.7 cm³/mol. The van der Waals surface area contributed by atoms with Crippen molar-refractivity contribution in [3.05, 3.63) is 71.9 Å². The van der Waals surface area contributed by atoms with E-state index in [2.05, 4.69) is 10.3 Å². The fourth-order valence-corrected chi connectivity index (χ4v) is 2.92. The number of aromatic nitrogens is 1. The molecule has 1 aliphatic rings. The van der Waals surface area contributed by atoms with Crippen molar-refractivity contribution in [1.29, 1.82) is 0 Å². The Morgan fingerprint density at radius 3 is 2.86 bits per heavy atom. The maximum Gasteiger partial charge on any atom is 0.173 e. The van der Waals surface area contributed by atoms with Gasteiger partial charge in [0.05, 0.1) is 11.4 Å². The van der Waals surface area contributed by atoms with Crippen LogP contribution >= 0.6 is 0 Å². The summed E-state index contributed by atoms with van der Waals surface area (Å²) in [5, 5.41) is 4.30. The molecule has 3 nitrogen and oxygen atoms in total. The molecule has 0 fully saturated rings. The molecule has 102 valence electrons. The number of nitrogens with zero attached hydrogens (tertiary/aromatic N) is 1. The first-order valence-corrected chi connectivity index (χ1v) is 7.05. The fraction of sp³-hybridized carbons (Fsp3) is 0.111. The van der Waals surface area contributed by atoms with Gasteiger partial charge in [0.1, 0.15) is 0 Å². The van der Waals surface area contributed by atoms with Crippen molar-refractivity contribution in [2.45, 2.75) is 5.92 Å². The van der Waals surface area contributed by atoms with E-state index >= 15 is 0 Å². The predicted octanol–water partition coefficient (Wildman–Crippen LogP) is 3.63. The molecule has 0 saturated heterocycles. The van der Waals surface area contributed by atoms with Gasteiger partial charge in [0.2, 0.25) is 0 Å². The van der Waals surface area contributed by atoms with Crippen molar-refractivity contribution in [3.63, 3.8) is 0 Å². The number of Topliss-reactive ketones (excluding diaryl/α,β-unsaturated/α-hetero) is 1. The Morgan fingerprint density at radius 2 is 1.90 bits per heavy atom. The number of carbonyl (C=O) groups is 1. The highest BCUT2D eigenvalue weighted by atomic mass is 16.1. The van der Waals surface area contributed by atoms with Gasteiger partial charge in [-0.15, -0.1) is 0 Å². The molecule has 0 amide bonds. The zero-order valence-corrected chi connectivity index (χ0v) is 11.4. The summed E-state index contributed by atoms with van der Waals surface area (Å²) < 4.78 is 0. The number of para-hydroxylation sites is 2. The van der Waals surface area contributed by atoms with Gasteiger partial charge in [0.25, 0.3) is 0 Å². The molecule has 0 saturated carbocycles. The lowest BCUT2D eigenvalue weighted by atomic mass is 9.92. The van der Waals surface area contributed by atoms with Crippen molar-refractivity contribution in [3.8, 4) is 0 Å². The number of pyridine rings is 1. The highest BCUT2D eigenvalue weighted by Crippen LogP contribution is 2.33. The topological polar surface area (TPSA) is 42.0 Å². The molecule has 4 rings (SSSR count). The van der Waals surface area contributed by atoms with Crippen LogP contribution in [-0.2, 0) is 0 Å². The highest BCUT2D eigenvalue weighted by molar-refractivity contribution is 6.04. The van der Waals surface area contributed by atoms with Crippen LogP contribution in [0, 0.1) is 0 Å². The smallest absolute Gasteiger partial charge is 0.173 e. The molecule has 3 heteroatoms. The number of hydrogen-bond acceptors (Lipinski definition) is 3. The Labute approximate surface area is 122 Å². The maximum atomic E-state index is 12.8. The lowest BCUT2D eigenvalue weighted by molar-refractivity contribution is 0.0966. The monoisotopic (exact) mass is 274 g/mol. The van der Waals surface area contributed by atoms with Crippen molar-refractivity contribution in [2.75, 3.05) is 11.9 Å². The molecular formula is C18H14N2O. The summed E-state index contributed by atoms with van der Waals surface area (Å²) in [6.07, 6.45) is 1.69. The van der Waals surface area contributed by atoms with Crippen molar-refractivity contribution in [2.24, 2.45) is 0 Å². The zero-order chi connectivity index (χ0) is 14.2. The van der Waals surface area contributed by atoms with Crippen LogP contribution in [0.3, 0.4) is 0 Å². The number of rotatable bonds is 2. The van der Waals surface area contributed by atoms with E-state index in [1.807, 2.05) is 54.6 Å². The summed E-state index contributed by atoms with van der Waals surface area (Å²) in [4.78, 5) is 17.2. The van der Waals surface area contributed by atoms with Crippen LogP contribution in [-0.4, -0.2) is 17.3 Å². The first-order valence-electron chi connectivity index (χ1n) is 7.05. The van der Waals surface area contributed by atoms with Crippen LogP contribution in [0.5, 0.6) is 0 Å². The molecule has 21 heavy (non-hydrogen) atoms. The first kappa shape index (κ1) is 12.1. The average Bonchev–Trinajstić information content (AvgIpc) is 2.98. The summed E-state index contributed by atoms with van der Waals surface area (Å²) in [7, 11) is 0. The Kier molecular flexibility index (Phi) is 2.71. The van der Waals surface area contributed by atoms with Gasteiger partial charge >= 0.3 is 0 Å². The third-order valence-electron chi connectivity index (χ3n) is 4.02. The van der Waals surface area contributed by atoms with Crippen LogP contribution < -0.4 is 5.32 Å². The second kappa shape index (κ2) is 4.70. The third kappa shape index (κ3) is 1.98. The van der Waals surface area contributed by atoms with E-state index in [0.717, 1.165) is 22.2 Å². The second-order valence-electron chi connectivity index (χ2n) is 5.30. The Bertz CT molecular complexity index is 841. The molecule has 1 atom stereocenters. The van der Waals surface area contributed by atoms with Crippen LogP contribution in [0.15, 0.2) is 60.8 Å². The van der Waals surface area contributed by atoms with Crippen LogP contribution in [0.25, 0.3) is 10.9 Å². The van der Waals surface area contributed by atoms with Gasteiger partial charge in [-0.25, -0.2) is 0 Å². The van der Waals surface area contributed by atoms with Gasteiger partial charge in [-0.05, 0) is 23.8 Å². The fourth-order valence-electron chi connectivity index (χ4n) is 2.92. The minimum atomic E-state index is -0.121. The van der Waals surface area contributed by atoms with E-state index in [1.54, 1.807) is 6.20 Å². The molecular weight excluding hydrogens is 260 g/mol. The van der Waals surface area contributed by atoms with Gasteiger partial charge in [-0.2, -0.15) is 0 Å². The minimum Gasteiger partial charge on any atom is -0.384 e. The molecule has 0 bridgehead atoms. The number of fused-ring (bicyclic) bond motifs is 2. The molecule has 1 aliphatic heterocycles. The Morgan fingerprint density at radius 1 is 1.10 bits per heavy atom. The quantitative estimate of drug-likeness (QED) is 0.726. The first-order chi connectivity index (χ1) is 10.3. The van der Waals surface area contributed by atoms with Gasteiger partial charge in [-0.3, -0.25) is 9.78 Å². The van der Waals surface area contributed by atoms with E-state index in [-0.39, 0.29) is 11.7 Å². The van der Waals surface area contributed by atoms with Gasteiger partial charge in [0, 0.05) is 29.4 Å². The van der Waals surface area contributed by atoms with Crippen molar-refractivity contribution in [1.82, 2.24) is 4.98 Å². The maximum absolute atomic E-state index is 12.8. The lowest BCUT2D eigenvalue weighted by Gasteiger charge is -2.09. The molecule has 2 heterocycles. The number of anilines is 1. The summed E-state index contributed by atoms with van der Waals surface area (Å²) in [5.74, 6) is 0.00913. The minimum absolute atomic E-state index is 0.121. The summed E-state index contributed by atoms with van der Waals surface area (Å²) >= 11 is 0. The number of ketones is 1. The molecule has 3 aromatic rings. The molecule has 0 aliphatic carbocycles. The normalized spacial score (nSPS) is 16.5. The van der Waals surface area contributed by atoms with E-state index in [1.165, 1.54) is 0 Å². The summed E-state index contributed by atoms with van der Waals surface area (Å²) in [6, 6.07) is 17.8. The van der Waals surface area contributed by atoms with E-state index in [4.69, 9.17) is 0 Å².